The normalized spacial score (nSPS) is 10.4. The molecule has 0 fully saturated rings. The van der Waals surface area contributed by atoms with Gasteiger partial charge in [0.2, 0.25) is 0 Å². The van der Waals surface area contributed by atoms with E-state index in [1.165, 1.54) is 0 Å². The Morgan fingerprint density at radius 1 is 1.29 bits per heavy atom. The van der Waals surface area contributed by atoms with Crippen LogP contribution < -0.4 is 4.74 Å². The summed E-state index contributed by atoms with van der Waals surface area (Å²) in [7, 11) is 0. The summed E-state index contributed by atoms with van der Waals surface area (Å²) in [6.45, 7) is 2.80. The van der Waals surface area contributed by atoms with Crippen LogP contribution in [0.5, 0.6) is 5.75 Å². The molecule has 2 aromatic rings. The second-order valence-corrected chi connectivity index (χ2v) is 3.88. The molecule has 0 N–H and O–H groups in total. The summed E-state index contributed by atoms with van der Waals surface area (Å²) in [5.41, 5.74) is 1.19. The lowest BCUT2D eigenvalue weighted by atomic mass is 10.2. The van der Waals surface area contributed by atoms with Gasteiger partial charge in [0, 0.05) is 5.39 Å². The molecule has 3 nitrogen and oxygen atoms in total. The van der Waals surface area contributed by atoms with Crippen LogP contribution in [0.2, 0.25) is 0 Å². The minimum absolute atomic E-state index is 0.434. The van der Waals surface area contributed by atoms with Crippen LogP contribution in [0.3, 0.4) is 0 Å². The second-order valence-electron chi connectivity index (χ2n) is 3.88. The highest BCUT2D eigenvalue weighted by molar-refractivity contribution is 5.87. The number of fused-ring (bicyclic) bond motifs is 1. The van der Waals surface area contributed by atoms with Gasteiger partial charge in [0.15, 0.2) is 6.29 Å². The van der Waals surface area contributed by atoms with E-state index in [1.807, 2.05) is 24.3 Å². The average molecular weight is 229 g/mol. The first-order valence-electron chi connectivity index (χ1n) is 5.83. The molecule has 0 saturated carbocycles. The van der Waals surface area contributed by atoms with E-state index in [-0.39, 0.29) is 0 Å². The average Bonchev–Trinajstić information content (AvgIpc) is 2.39. The number of benzene rings is 1. The van der Waals surface area contributed by atoms with Crippen LogP contribution in [0.1, 0.15) is 30.3 Å². The maximum Gasteiger partial charge on any atom is 0.168 e. The Morgan fingerprint density at radius 3 is 2.94 bits per heavy atom. The van der Waals surface area contributed by atoms with Crippen molar-refractivity contribution in [1.82, 2.24) is 4.98 Å². The molecule has 0 atom stereocenters. The van der Waals surface area contributed by atoms with Crippen molar-refractivity contribution in [2.45, 2.75) is 19.8 Å². The molecule has 88 valence electrons. The molecule has 1 aromatic heterocycles. The van der Waals surface area contributed by atoms with Gasteiger partial charge in [-0.15, -0.1) is 0 Å². The second kappa shape index (κ2) is 5.43. The van der Waals surface area contributed by atoms with Gasteiger partial charge in [-0.25, -0.2) is 4.98 Å². The number of para-hydroxylation sites is 1. The van der Waals surface area contributed by atoms with E-state index in [2.05, 4.69) is 11.9 Å². The van der Waals surface area contributed by atoms with E-state index in [9.17, 15) is 4.79 Å². The third-order valence-electron chi connectivity index (χ3n) is 2.58. The molecule has 0 aliphatic heterocycles. The van der Waals surface area contributed by atoms with Gasteiger partial charge < -0.3 is 4.74 Å². The van der Waals surface area contributed by atoms with Gasteiger partial charge in [-0.3, -0.25) is 4.79 Å². The number of carbonyl (C=O) groups is 1. The molecular formula is C14H15NO2. The molecule has 17 heavy (non-hydrogen) atoms. The number of unbranched alkanes of at least 4 members (excludes halogenated alkanes) is 1. The SMILES string of the molecule is CCCCOc1cccc2ccc(C=O)nc12. The summed E-state index contributed by atoms with van der Waals surface area (Å²) in [5, 5.41) is 0.990. The summed E-state index contributed by atoms with van der Waals surface area (Å²) in [6, 6.07) is 9.39. The van der Waals surface area contributed by atoms with Gasteiger partial charge in [-0.05, 0) is 18.6 Å². The molecule has 0 amide bonds. The Hall–Kier alpha value is -1.90. The maximum absolute atomic E-state index is 10.7. The maximum atomic E-state index is 10.7. The van der Waals surface area contributed by atoms with Crippen LogP contribution in [0.15, 0.2) is 30.3 Å². The molecule has 0 aliphatic carbocycles. The van der Waals surface area contributed by atoms with E-state index in [4.69, 9.17) is 4.74 Å². The smallest absolute Gasteiger partial charge is 0.168 e. The number of aldehydes is 1. The Labute approximate surface area is 100 Å². The zero-order valence-corrected chi connectivity index (χ0v) is 9.85. The fourth-order valence-corrected chi connectivity index (χ4v) is 1.64. The van der Waals surface area contributed by atoms with Crippen molar-refractivity contribution in [3.63, 3.8) is 0 Å². The zero-order chi connectivity index (χ0) is 12.1. The topological polar surface area (TPSA) is 39.2 Å². The van der Waals surface area contributed by atoms with Crippen LogP contribution >= 0.6 is 0 Å². The number of rotatable bonds is 5. The molecule has 3 heteroatoms. The lowest BCUT2D eigenvalue weighted by Crippen LogP contribution is -1.98. The molecule has 2 rings (SSSR count). The van der Waals surface area contributed by atoms with Crippen molar-refractivity contribution >= 4 is 17.2 Å². The predicted octanol–water partition coefficient (Wildman–Crippen LogP) is 3.23. The Morgan fingerprint density at radius 2 is 2.18 bits per heavy atom. The van der Waals surface area contributed by atoms with Crippen molar-refractivity contribution in [2.75, 3.05) is 6.61 Å². The number of ether oxygens (including phenoxy) is 1. The van der Waals surface area contributed by atoms with Crippen molar-refractivity contribution in [3.05, 3.63) is 36.0 Å². The van der Waals surface area contributed by atoms with Gasteiger partial charge in [0.05, 0.1) is 6.61 Å². The minimum atomic E-state index is 0.434. The fraction of sp³-hybridized carbons (Fsp3) is 0.286. The van der Waals surface area contributed by atoms with Crippen molar-refractivity contribution in [3.8, 4) is 5.75 Å². The highest BCUT2D eigenvalue weighted by Crippen LogP contribution is 2.23. The molecule has 0 saturated heterocycles. The molecule has 0 radical (unpaired) electrons. The van der Waals surface area contributed by atoms with Crippen molar-refractivity contribution in [1.29, 1.82) is 0 Å². The highest BCUT2D eigenvalue weighted by atomic mass is 16.5. The number of nitrogens with zero attached hydrogens (tertiary/aromatic N) is 1. The first-order valence-corrected chi connectivity index (χ1v) is 5.83. The predicted molar refractivity (Wildman–Crippen MR) is 67.5 cm³/mol. The lowest BCUT2D eigenvalue weighted by molar-refractivity contribution is 0.111. The summed E-state index contributed by atoms with van der Waals surface area (Å²) in [5.74, 6) is 0.750. The van der Waals surface area contributed by atoms with Gasteiger partial charge in [0.1, 0.15) is 17.0 Å². The Bertz CT molecular complexity index is 523. The summed E-state index contributed by atoms with van der Waals surface area (Å²) < 4.78 is 5.68. The number of hydrogen-bond acceptors (Lipinski definition) is 3. The quantitative estimate of drug-likeness (QED) is 0.583. The number of carbonyl (C=O) groups excluding carboxylic acids is 1. The first-order chi connectivity index (χ1) is 8.35. The third kappa shape index (κ3) is 2.61. The number of hydrogen-bond donors (Lipinski definition) is 0. The van der Waals surface area contributed by atoms with Crippen LogP contribution in [-0.2, 0) is 0 Å². The first kappa shape index (κ1) is 11.6. The summed E-state index contributed by atoms with van der Waals surface area (Å²) in [6.07, 6.45) is 2.86. The molecule has 1 aromatic carbocycles. The monoisotopic (exact) mass is 229 g/mol. The molecule has 0 unspecified atom stereocenters. The van der Waals surface area contributed by atoms with Gasteiger partial charge in [-0.1, -0.05) is 31.5 Å². The molecule has 0 bridgehead atoms. The van der Waals surface area contributed by atoms with Crippen molar-refractivity contribution < 1.29 is 9.53 Å². The van der Waals surface area contributed by atoms with Gasteiger partial charge >= 0.3 is 0 Å². The van der Waals surface area contributed by atoms with E-state index < -0.39 is 0 Å². The largest absolute Gasteiger partial charge is 0.491 e. The highest BCUT2D eigenvalue weighted by Gasteiger charge is 2.04. The van der Waals surface area contributed by atoms with E-state index >= 15 is 0 Å². The molecule has 0 spiro atoms. The fourth-order valence-electron chi connectivity index (χ4n) is 1.64. The Kier molecular flexibility index (Phi) is 3.70. The Balaban J connectivity index is 2.36. The number of aromatic nitrogens is 1. The molecule has 1 heterocycles. The van der Waals surface area contributed by atoms with Crippen LogP contribution in [0, 0.1) is 0 Å². The number of pyridine rings is 1. The van der Waals surface area contributed by atoms with Crippen LogP contribution in [-0.4, -0.2) is 17.9 Å². The third-order valence-corrected chi connectivity index (χ3v) is 2.58. The van der Waals surface area contributed by atoms with Crippen molar-refractivity contribution in [2.24, 2.45) is 0 Å². The van der Waals surface area contributed by atoms with Crippen LogP contribution in [0.25, 0.3) is 10.9 Å². The molecule has 0 aliphatic rings. The lowest BCUT2D eigenvalue weighted by Gasteiger charge is -2.08. The van der Waals surface area contributed by atoms with Gasteiger partial charge in [-0.2, -0.15) is 0 Å². The zero-order valence-electron chi connectivity index (χ0n) is 9.85. The summed E-state index contributed by atoms with van der Waals surface area (Å²) in [4.78, 5) is 15.0. The standard InChI is InChI=1S/C14H15NO2/c1-2-3-9-17-13-6-4-5-11-7-8-12(10-16)15-14(11)13/h4-8,10H,2-3,9H2,1H3. The van der Waals surface area contributed by atoms with E-state index in [0.717, 1.165) is 35.8 Å². The van der Waals surface area contributed by atoms with Gasteiger partial charge in [0.25, 0.3) is 0 Å². The van der Waals surface area contributed by atoms with E-state index in [0.29, 0.717) is 12.3 Å². The minimum Gasteiger partial charge on any atom is -0.491 e. The van der Waals surface area contributed by atoms with Crippen LogP contribution in [0.4, 0.5) is 0 Å². The summed E-state index contributed by atoms with van der Waals surface area (Å²) >= 11 is 0. The van der Waals surface area contributed by atoms with E-state index in [1.54, 1.807) is 6.07 Å². The molecular weight excluding hydrogens is 214 g/mol.